The van der Waals surface area contributed by atoms with Gasteiger partial charge >= 0.3 is 5.97 Å². The molecule has 4 heteroatoms. The van der Waals surface area contributed by atoms with E-state index >= 15 is 0 Å². The van der Waals surface area contributed by atoms with Crippen molar-refractivity contribution in [2.24, 2.45) is 0 Å². The Morgan fingerprint density at radius 2 is 1.92 bits per heavy atom. The van der Waals surface area contributed by atoms with Gasteiger partial charge in [-0.1, -0.05) is 20.3 Å². The van der Waals surface area contributed by atoms with Gasteiger partial charge in [0.1, 0.15) is 0 Å². The Bertz CT molecular complexity index is 152. The second kappa shape index (κ2) is 11.1. The van der Waals surface area contributed by atoms with Crippen LogP contribution in [-0.2, 0) is 4.79 Å². The predicted molar refractivity (Wildman–Crippen MR) is 47.8 cm³/mol. The zero-order valence-electron chi connectivity index (χ0n) is 8.02. The van der Waals surface area contributed by atoms with E-state index in [0.29, 0.717) is 12.8 Å². The van der Waals surface area contributed by atoms with Gasteiger partial charge in [0, 0.05) is 6.42 Å². The van der Waals surface area contributed by atoms with E-state index in [1.54, 1.807) is 6.92 Å². The maximum atomic E-state index is 10.9. The van der Waals surface area contributed by atoms with Crippen LogP contribution in [0.2, 0.25) is 0 Å². The molecule has 0 radical (unpaired) electrons. The molecule has 0 spiro atoms. The van der Waals surface area contributed by atoms with Crippen LogP contribution in [0, 0.1) is 0 Å². The van der Waals surface area contributed by atoms with Gasteiger partial charge in [-0.3, -0.25) is 4.79 Å². The van der Waals surface area contributed by atoms with Crippen LogP contribution in [0.15, 0.2) is 12.2 Å². The second-order valence-corrected chi connectivity index (χ2v) is 2.40. The molecule has 0 atom stereocenters. The van der Waals surface area contributed by atoms with E-state index in [0.717, 1.165) is 18.9 Å². The van der Waals surface area contributed by atoms with Gasteiger partial charge < -0.3 is 5.11 Å². The van der Waals surface area contributed by atoms with Gasteiger partial charge in [-0.25, -0.2) is 0 Å². The van der Waals surface area contributed by atoms with Crippen LogP contribution >= 0.6 is 0 Å². The Morgan fingerprint density at radius 1 is 1.38 bits per heavy atom. The molecule has 0 aliphatic heterocycles. The Hall–Kier alpha value is -0.930. The standard InChI is InChI=1S/C5H10O2.C4H6F2/c1-2-3-4-5(6)7;1-2-3-4(5)6/h2-4H2,1H3,(H,6,7);3H,2H2,1H3. The average Bonchev–Trinajstić information content (AvgIpc) is 2.01. The maximum absolute atomic E-state index is 10.9. The zero-order valence-corrected chi connectivity index (χ0v) is 8.02. The summed E-state index contributed by atoms with van der Waals surface area (Å²) in [6.07, 6.45) is 1.79. The summed E-state index contributed by atoms with van der Waals surface area (Å²) in [5.74, 6) is -0.693. The Morgan fingerprint density at radius 3 is 2.00 bits per heavy atom. The molecule has 0 fully saturated rings. The summed E-state index contributed by atoms with van der Waals surface area (Å²) in [6, 6.07) is 0. The number of hydrogen-bond donors (Lipinski definition) is 1. The molecule has 0 aliphatic rings. The molecule has 13 heavy (non-hydrogen) atoms. The van der Waals surface area contributed by atoms with Gasteiger partial charge in [0.2, 0.25) is 0 Å². The smallest absolute Gasteiger partial charge is 0.303 e. The number of carbonyl (C=O) groups is 1. The van der Waals surface area contributed by atoms with Crippen LogP contribution < -0.4 is 0 Å². The summed E-state index contributed by atoms with van der Waals surface area (Å²) in [5, 5.41) is 8.04. The summed E-state index contributed by atoms with van der Waals surface area (Å²) in [5.41, 5.74) is 0. The molecule has 0 aromatic rings. The van der Waals surface area contributed by atoms with Crippen molar-refractivity contribution in [3.63, 3.8) is 0 Å². The fourth-order valence-electron chi connectivity index (χ4n) is 0.482. The lowest BCUT2D eigenvalue weighted by Gasteiger charge is -1.85. The molecular weight excluding hydrogens is 178 g/mol. The zero-order chi connectivity index (χ0) is 10.7. The highest BCUT2D eigenvalue weighted by molar-refractivity contribution is 5.66. The van der Waals surface area contributed by atoms with Gasteiger partial charge in [0.25, 0.3) is 6.08 Å². The van der Waals surface area contributed by atoms with E-state index in [1.165, 1.54) is 0 Å². The summed E-state index contributed by atoms with van der Waals surface area (Å²) in [6.45, 7) is 3.64. The van der Waals surface area contributed by atoms with Gasteiger partial charge in [-0.2, -0.15) is 8.78 Å². The van der Waals surface area contributed by atoms with Crippen molar-refractivity contribution in [3.8, 4) is 0 Å². The highest BCUT2D eigenvalue weighted by Crippen LogP contribution is 1.96. The number of rotatable bonds is 4. The lowest BCUT2D eigenvalue weighted by Crippen LogP contribution is -1.91. The molecule has 0 bridgehead atoms. The SMILES string of the molecule is CCC=C(F)F.CCCCC(=O)O. The first-order valence-electron chi connectivity index (χ1n) is 4.27. The van der Waals surface area contributed by atoms with E-state index in [-0.39, 0.29) is 0 Å². The summed E-state index contributed by atoms with van der Waals surface area (Å²) >= 11 is 0. The molecule has 0 unspecified atom stereocenters. The third-order valence-electron chi connectivity index (χ3n) is 1.10. The first-order chi connectivity index (χ1) is 6.04. The fourth-order valence-corrected chi connectivity index (χ4v) is 0.482. The third-order valence-corrected chi connectivity index (χ3v) is 1.10. The van der Waals surface area contributed by atoms with Crippen LogP contribution in [-0.4, -0.2) is 11.1 Å². The molecule has 0 heterocycles. The number of carboxylic acids is 1. The molecule has 0 saturated carbocycles. The highest BCUT2D eigenvalue weighted by atomic mass is 19.3. The minimum Gasteiger partial charge on any atom is -0.481 e. The monoisotopic (exact) mass is 194 g/mol. The van der Waals surface area contributed by atoms with Crippen molar-refractivity contribution >= 4 is 5.97 Å². The van der Waals surface area contributed by atoms with Crippen LogP contribution in [0.25, 0.3) is 0 Å². The molecule has 0 rings (SSSR count). The minimum absolute atomic E-state index is 0.316. The fraction of sp³-hybridized carbons (Fsp3) is 0.667. The summed E-state index contributed by atoms with van der Waals surface area (Å²) < 4.78 is 21.8. The highest BCUT2D eigenvalue weighted by Gasteiger charge is 1.90. The normalized spacial score (nSPS) is 8.31. The van der Waals surface area contributed by atoms with Crippen molar-refractivity contribution in [2.45, 2.75) is 39.5 Å². The molecule has 1 N–H and O–H groups in total. The van der Waals surface area contributed by atoms with E-state index in [4.69, 9.17) is 5.11 Å². The Balaban J connectivity index is 0. The summed E-state index contributed by atoms with van der Waals surface area (Å²) in [4.78, 5) is 9.76. The van der Waals surface area contributed by atoms with Gasteiger partial charge in [-0.15, -0.1) is 0 Å². The molecule has 78 valence electrons. The first kappa shape index (κ1) is 14.6. The minimum atomic E-state index is -1.59. The van der Waals surface area contributed by atoms with Gasteiger partial charge in [0.05, 0.1) is 0 Å². The van der Waals surface area contributed by atoms with Crippen LogP contribution in [0.3, 0.4) is 0 Å². The van der Waals surface area contributed by atoms with Crippen LogP contribution in [0.4, 0.5) is 8.78 Å². The Kier molecular flexibility index (Phi) is 12.4. The average molecular weight is 194 g/mol. The van der Waals surface area contributed by atoms with E-state index in [9.17, 15) is 13.6 Å². The summed E-state index contributed by atoms with van der Waals surface area (Å²) in [7, 11) is 0. The number of hydrogen-bond acceptors (Lipinski definition) is 1. The van der Waals surface area contributed by atoms with E-state index < -0.39 is 12.0 Å². The second-order valence-electron chi connectivity index (χ2n) is 2.40. The predicted octanol–water partition coefficient (Wildman–Crippen LogP) is 3.44. The van der Waals surface area contributed by atoms with Crippen molar-refractivity contribution in [1.29, 1.82) is 0 Å². The first-order valence-corrected chi connectivity index (χ1v) is 4.27. The maximum Gasteiger partial charge on any atom is 0.303 e. The number of aliphatic carboxylic acids is 1. The van der Waals surface area contributed by atoms with Gasteiger partial charge in [-0.05, 0) is 18.9 Å². The molecule has 0 aliphatic carbocycles. The largest absolute Gasteiger partial charge is 0.481 e. The Labute approximate surface area is 77.3 Å². The molecular formula is C9H16F2O2. The number of carboxylic acid groups (broad SMARTS) is 1. The van der Waals surface area contributed by atoms with Crippen molar-refractivity contribution in [1.82, 2.24) is 0 Å². The lowest BCUT2D eigenvalue weighted by atomic mass is 10.3. The lowest BCUT2D eigenvalue weighted by molar-refractivity contribution is -0.137. The molecule has 0 aromatic carbocycles. The van der Waals surface area contributed by atoms with Gasteiger partial charge in [0.15, 0.2) is 0 Å². The topological polar surface area (TPSA) is 37.3 Å². The van der Waals surface area contributed by atoms with Crippen molar-refractivity contribution in [3.05, 3.63) is 12.2 Å². The van der Waals surface area contributed by atoms with Crippen LogP contribution in [0.5, 0.6) is 0 Å². The number of halogens is 2. The van der Waals surface area contributed by atoms with Crippen LogP contribution in [0.1, 0.15) is 39.5 Å². The van der Waals surface area contributed by atoms with Crippen molar-refractivity contribution < 1.29 is 18.7 Å². The number of allylic oxidation sites excluding steroid dienone is 1. The molecule has 0 amide bonds. The molecule has 2 nitrogen and oxygen atoms in total. The van der Waals surface area contributed by atoms with E-state index in [1.807, 2.05) is 6.92 Å². The van der Waals surface area contributed by atoms with Crippen molar-refractivity contribution in [2.75, 3.05) is 0 Å². The number of unbranched alkanes of at least 4 members (excludes halogenated alkanes) is 1. The van der Waals surface area contributed by atoms with E-state index in [2.05, 4.69) is 0 Å². The quantitative estimate of drug-likeness (QED) is 0.744. The molecule has 0 saturated heterocycles. The third kappa shape index (κ3) is 24.7. The molecule has 0 aromatic heterocycles.